The van der Waals surface area contributed by atoms with E-state index >= 15 is 0 Å². The van der Waals surface area contributed by atoms with Gasteiger partial charge in [-0.15, -0.1) is 0 Å². The van der Waals surface area contributed by atoms with Gasteiger partial charge in [0.15, 0.2) is 0 Å². The number of nitrogens with zero attached hydrogens (tertiary/aromatic N) is 2. The van der Waals surface area contributed by atoms with Gasteiger partial charge in [-0.3, -0.25) is 0 Å². The first-order valence-corrected chi connectivity index (χ1v) is 6.05. The van der Waals surface area contributed by atoms with Crippen molar-refractivity contribution in [1.29, 1.82) is 0 Å². The molecule has 2 N–H and O–H groups in total. The Kier molecular flexibility index (Phi) is 3.06. The summed E-state index contributed by atoms with van der Waals surface area (Å²) in [5, 5.41) is 0.933. The fourth-order valence-corrected chi connectivity index (χ4v) is 1.92. The fourth-order valence-electron chi connectivity index (χ4n) is 1.41. The number of fused-ring (bicyclic) bond motifs is 1. The number of hydrogen-bond acceptors (Lipinski definition) is 4. The van der Waals surface area contributed by atoms with Crippen molar-refractivity contribution in [3.8, 4) is 0 Å². The van der Waals surface area contributed by atoms with Crippen molar-refractivity contribution >= 4 is 28.5 Å². The smallest absolute Gasteiger partial charge is 0.141 e. The maximum atomic E-state index is 5.87. The topological polar surface area (TPSA) is 51.8 Å². The summed E-state index contributed by atoms with van der Waals surface area (Å²) in [4.78, 5) is 8.75. The number of benzene rings is 1. The van der Waals surface area contributed by atoms with Crippen LogP contribution in [0.25, 0.3) is 10.9 Å². The highest BCUT2D eigenvalue weighted by atomic mass is 32.2. The largest absolute Gasteiger partial charge is 0.383 e. The highest BCUT2D eigenvalue weighted by Crippen LogP contribution is 2.18. The van der Waals surface area contributed by atoms with Gasteiger partial charge in [0.1, 0.15) is 11.6 Å². The number of anilines is 1. The lowest BCUT2D eigenvalue weighted by Crippen LogP contribution is -1.99. The molecule has 0 atom stereocenters. The van der Waals surface area contributed by atoms with E-state index in [0.717, 1.165) is 28.2 Å². The third kappa shape index (κ3) is 2.21. The molecular formula is C11H13N3S. The molecule has 3 nitrogen and oxygen atoms in total. The van der Waals surface area contributed by atoms with Crippen LogP contribution in [0.15, 0.2) is 24.3 Å². The predicted molar refractivity (Wildman–Crippen MR) is 65.8 cm³/mol. The minimum absolute atomic E-state index is 0.576. The molecule has 0 radical (unpaired) electrons. The first-order chi connectivity index (χ1) is 7.31. The molecule has 0 saturated carbocycles. The first-order valence-electron chi connectivity index (χ1n) is 4.90. The van der Waals surface area contributed by atoms with Crippen LogP contribution in [-0.4, -0.2) is 15.7 Å². The number of nitrogens with two attached hydrogens (primary N) is 1. The lowest BCUT2D eigenvalue weighted by atomic mass is 10.2. The molecule has 0 spiro atoms. The average molecular weight is 219 g/mol. The number of aromatic nitrogens is 2. The van der Waals surface area contributed by atoms with Gasteiger partial charge in [0.2, 0.25) is 0 Å². The van der Waals surface area contributed by atoms with E-state index in [1.165, 1.54) is 0 Å². The number of nitrogen functional groups attached to an aromatic ring is 1. The maximum Gasteiger partial charge on any atom is 0.141 e. The molecule has 0 aliphatic rings. The van der Waals surface area contributed by atoms with E-state index in [0.29, 0.717) is 5.82 Å². The van der Waals surface area contributed by atoms with Crippen LogP contribution in [-0.2, 0) is 5.75 Å². The molecule has 2 rings (SSSR count). The normalized spacial score (nSPS) is 10.7. The van der Waals surface area contributed by atoms with Crippen LogP contribution in [0.3, 0.4) is 0 Å². The Morgan fingerprint density at radius 1 is 1.27 bits per heavy atom. The summed E-state index contributed by atoms with van der Waals surface area (Å²) in [7, 11) is 0. The van der Waals surface area contributed by atoms with E-state index < -0.39 is 0 Å². The molecule has 15 heavy (non-hydrogen) atoms. The van der Waals surface area contributed by atoms with E-state index in [1.807, 2.05) is 24.3 Å². The zero-order valence-corrected chi connectivity index (χ0v) is 9.42. The van der Waals surface area contributed by atoms with Crippen LogP contribution >= 0.6 is 11.8 Å². The molecule has 0 aliphatic heterocycles. The van der Waals surface area contributed by atoms with E-state index in [1.54, 1.807) is 11.8 Å². The minimum atomic E-state index is 0.576. The number of para-hydroxylation sites is 1. The Labute approximate surface area is 93.1 Å². The maximum absolute atomic E-state index is 5.87. The Morgan fingerprint density at radius 2 is 2.07 bits per heavy atom. The molecule has 0 aliphatic carbocycles. The summed E-state index contributed by atoms with van der Waals surface area (Å²) < 4.78 is 0. The van der Waals surface area contributed by atoms with E-state index in [2.05, 4.69) is 16.9 Å². The van der Waals surface area contributed by atoms with Crippen molar-refractivity contribution < 1.29 is 0 Å². The van der Waals surface area contributed by atoms with Crippen molar-refractivity contribution in [1.82, 2.24) is 9.97 Å². The highest BCUT2D eigenvalue weighted by Gasteiger charge is 2.03. The third-order valence-electron chi connectivity index (χ3n) is 2.11. The Bertz CT molecular complexity index is 470. The van der Waals surface area contributed by atoms with Crippen LogP contribution < -0.4 is 5.73 Å². The fraction of sp³-hybridized carbons (Fsp3) is 0.273. The summed E-state index contributed by atoms with van der Waals surface area (Å²) in [6.07, 6.45) is 0. The van der Waals surface area contributed by atoms with Gasteiger partial charge >= 0.3 is 0 Å². The van der Waals surface area contributed by atoms with Gasteiger partial charge in [0.25, 0.3) is 0 Å². The van der Waals surface area contributed by atoms with Gasteiger partial charge in [-0.2, -0.15) is 11.8 Å². The van der Waals surface area contributed by atoms with Gasteiger partial charge in [-0.25, -0.2) is 9.97 Å². The lowest BCUT2D eigenvalue weighted by molar-refractivity contribution is 1.08. The molecule has 1 heterocycles. The Hall–Kier alpha value is -1.29. The van der Waals surface area contributed by atoms with Crippen molar-refractivity contribution in [2.24, 2.45) is 0 Å². The molecule has 4 heteroatoms. The summed E-state index contributed by atoms with van der Waals surface area (Å²) in [5.74, 6) is 3.28. The Balaban J connectivity index is 2.43. The molecule has 2 aromatic rings. The SMILES string of the molecule is CCSCc1nc(N)c2ccccc2n1. The second-order valence-electron chi connectivity index (χ2n) is 3.18. The molecule has 0 fully saturated rings. The molecule has 78 valence electrons. The van der Waals surface area contributed by atoms with Crippen LogP contribution in [0, 0.1) is 0 Å². The van der Waals surface area contributed by atoms with Crippen molar-refractivity contribution in [3.05, 3.63) is 30.1 Å². The van der Waals surface area contributed by atoms with Gasteiger partial charge in [0, 0.05) is 5.39 Å². The first kappa shape index (κ1) is 10.2. The molecule has 1 aromatic carbocycles. The van der Waals surface area contributed by atoms with Crippen molar-refractivity contribution in [2.45, 2.75) is 12.7 Å². The Morgan fingerprint density at radius 3 is 2.87 bits per heavy atom. The predicted octanol–water partition coefficient (Wildman–Crippen LogP) is 2.47. The summed E-state index contributed by atoms with van der Waals surface area (Å²) in [5.41, 5.74) is 6.80. The molecule has 1 aromatic heterocycles. The number of thioether (sulfide) groups is 1. The average Bonchev–Trinajstić information content (AvgIpc) is 2.26. The second-order valence-corrected chi connectivity index (χ2v) is 4.45. The monoisotopic (exact) mass is 219 g/mol. The quantitative estimate of drug-likeness (QED) is 0.861. The van der Waals surface area contributed by atoms with Crippen LogP contribution in [0.4, 0.5) is 5.82 Å². The molecule has 0 unspecified atom stereocenters. The zero-order chi connectivity index (χ0) is 10.7. The summed E-state index contributed by atoms with van der Waals surface area (Å²) in [6.45, 7) is 2.12. The molecule has 0 saturated heterocycles. The highest BCUT2D eigenvalue weighted by molar-refractivity contribution is 7.98. The van der Waals surface area contributed by atoms with Gasteiger partial charge in [-0.05, 0) is 17.9 Å². The number of hydrogen-bond donors (Lipinski definition) is 1. The van der Waals surface area contributed by atoms with E-state index in [-0.39, 0.29) is 0 Å². The summed E-state index contributed by atoms with van der Waals surface area (Å²) >= 11 is 1.80. The third-order valence-corrected chi connectivity index (χ3v) is 2.98. The van der Waals surface area contributed by atoms with Gasteiger partial charge in [-0.1, -0.05) is 19.1 Å². The van der Waals surface area contributed by atoms with Crippen molar-refractivity contribution in [3.63, 3.8) is 0 Å². The minimum Gasteiger partial charge on any atom is -0.383 e. The van der Waals surface area contributed by atoms with Gasteiger partial charge < -0.3 is 5.73 Å². The van der Waals surface area contributed by atoms with Crippen LogP contribution in [0.2, 0.25) is 0 Å². The standard InChI is InChI=1S/C11H13N3S/c1-2-15-7-10-13-9-6-4-3-5-8(9)11(12)14-10/h3-6H,2,7H2,1H3,(H2,12,13,14). The number of rotatable bonds is 3. The summed E-state index contributed by atoms with van der Waals surface area (Å²) in [6, 6.07) is 7.82. The van der Waals surface area contributed by atoms with E-state index in [9.17, 15) is 0 Å². The lowest BCUT2D eigenvalue weighted by Gasteiger charge is -2.04. The zero-order valence-electron chi connectivity index (χ0n) is 8.60. The van der Waals surface area contributed by atoms with Crippen LogP contribution in [0.1, 0.15) is 12.7 Å². The molecule has 0 amide bonds. The van der Waals surface area contributed by atoms with Gasteiger partial charge in [0.05, 0.1) is 11.3 Å². The van der Waals surface area contributed by atoms with Crippen LogP contribution in [0.5, 0.6) is 0 Å². The molecule has 0 bridgehead atoms. The van der Waals surface area contributed by atoms with Crippen molar-refractivity contribution in [2.75, 3.05) is 11.5 Å². The second kappa shape index (κ2) is 4.49. The van der Waals surface area contributed by atoms with E-state index in [4.69, 9.17) is 5.73 Å². The molecular weight excluding hydrogens is 206 g/mol.